The van der Waals surface area contributed by atoms with E-state index < -0.39 is 23.8 Å². The zero-order valence-electron chi connectivity index (χ0n) is 27.5. The van der Waals surface area contributed by atoms with E-state index in [-0.39, 0.29) is 62.9 Å². The quantitative estimate of drug-likeness (QED) is 0.0740. The Hall–Kier alpha value is -3.75. The van der Waals surface area contributed by atoms with Crippen molar-refractivity contribution in [3.8, 4) is 5.75 Å². The topological polar surface area (TPSA) is 185 Å². The number of carbonyl (C=O) groups excluding carboxylic acids is 5. The van der Waals surface area contributed by atoms with E-state index in [2.05, 4.69) is 31.9 Å². The number of amides is 5. The average molecular weight is 637 g/mol. The van der Waals surface area contributed by atoms with Crippen molar-refractivity contribution >= 4 is 29.5 Å². The molecule has 14 heteroatoms. The second kappa shape index (κ2) is 21.9. The first kappa shape index (κ1) is 39.3. The van der Waals surface area contributed by atoms with Crippen LogP contribution in [-0.2, 0) is 28.7 Å². The molecule has 0 aliphatic carbocycles. The molecule has 14 nitrogen and oxygen atoms in total. The highest BCUT2D eigenvalue weighted by Crippen LogP contribution is 2.11. The van der Waals surface area contributed by atoms with E-state index in [1.807, 2.05) is 13.8 Å². The first-order valence-corrected chi connectivity index (χ1v) is 15.5. The second-order valence-electron chi connectivity index (χ2n) is 10.8. The van der Waals surface area contributed by atoms with Crippen LogP contribution in [0.25, 0.3) is 0 Å². The molecule has 0 fully saturated rings. The molecule has 45 heavy (non-hydrogen) atoms. The van der Waals surface area contributed by atoms with Gasteiger partial charge in [-0.3, -0.25) is 24.0 Å². The maximum Gasteiger partial charge on any atom is 0.251 e. The fourth-order valence-corrected chi connectivity index (χ4v) is 3.90. The Bertz CT molecular complexity index is 1070. The van der Waals surface area contributed by atoms with Crippen molar-refractivity contribution in [3.05, 3.63) is 29.8 Å². The van der Waals surface area contributed by atoms with Gasteiger partial charge in [0.1, 0.15) is 11.8 Å². The van der Waals surface area contributed by atoms with E-state index in [1.54, 1.807) is 52.1 Å². The number of hydrogen-bond acceptors (Lipinski definition) is 9. The van der Waals surface area contributed by atoms with Gasteiger partial charge in [0.2, 0.25) is 23.6 Å². The normalized spacial score (nSPS) is 12.4. The molecule has 1 rings (SSSR count). The number of methoxy groups -OCH3 is 1. The van der Waals surface area contributed by atoms with Gasteiger partial charge in [-0.2, -0.15) is 0 Å². The first-order chi connectivity index (χ1) is 21.4. The molecule has 0 aliphatic heterocycles. The summed E-state index contributed by atoms with van der Waals surface area (Å²) in [6, 6.07) is 5.40. The van der Waals surface area contributed by atoms with Gasteiger partial charge in [-0.25, -0.2) is 0 Å². The monoisotopic (exact) mass is 636 g/mol. The highest BCUT2D eigenvalue weighted by molar-refractivity contribution is 5.94. The fourth-order valence-electron chi connectivity index (χ4n) is 3.90. The van der Waals surface area contributed by atoms with Gasteiger partial charge in [0.15, 0.2) is 5.79 Å². The summed E-state index contributed by atoms with van der Waals surface area (Å²) in [4.78, 5) is 61.1. The predicted molar refractivity (Wildman–Crippen MR) is 170 cm³/mol. The lowest BCUT2D eigenvalue weighted by Gasteiger charge is -2.26. The van der Waals surface area contributed by atoms with Crippen molar-refractivity contribution in [1.82, 2.24) is 31.9 Å². The predicted octanol–water partition coefficient (Wildman–Crippen LogP) is 0.606. The number of ether oxygens (including phenoxy) is 3. The molecule has 0 heterocycles. The molecule has 1 aromatic carbocycles. The number of carbonyl (C=O) groups is 5. The lowest BCUT2D eigenvalue weighted by molar-refractivity contribution is -0.211. The lowest BCUT2D eigenvalue weighted by Crippen LogP contribution is -2.53. The molecule has 0 radical (unpaired) electrons. The maximum absolute atomic E-state index is 12.7. The Morgan fingerprint density at radius 1 is 0.756 bits per heavy atom. The van der Waals surface area contributed by atoms with Crippen LogP contribution >= 0.6 is 0 Å². The second-order valence-corrected chi connectivity index (χ2v) is 10.8. The van der Waals surface area contributed by atoms with Gasteiger partial charge in [0, 0.05) is 51.1 Å². The summed E-state index contributed by atoms with van der Waals surface area (Å²) < 4.78 is 16.6. The van der Waals surface area contributed by atoms with Gasteiger partial charge in [0.25, 0.3) is 5.91 Å². The molecule has 5 amide bonds. The molecule has 2 atom stereocenters. The smallest absolute Gasteiger partial charge is 0.251 e. The number of hydrogen-bond donors (Lipinski definition) is 6. The Balaban J connectivity index is 2.28. The van der Waals surface area contributed by atoms with Crippen LogP contribution in [0.4, 0.5) is 0 Å². The van der Waals surface area contributed by atoms with Crippen LogP contribution in [-0.4, -0.2) is 100 Å². The van der Waals surface area contributed by atoms with Gasteiger partial charge in [0.05, 0.1) is 26.4 Å². The summed E-state index contributed by atoms with van der Waals surface area (Å²) in [7, 11) is 1.56. The molecule has 0 saturated carbocycles. The van der Waals surface area contributed by atoms with Crippen molar-refractivity contribution in [2.75, 3.05) is 53.0 Å². The van der Waals surface area contributed by atoms with E-state index in [4.69, 9.17) is 14.2 Å². The summed E-state index contributed by atoms with van der Waals surface area (Å²) >= 11 is 0. The minimum absolute atomic E-state index is 0.00338. The molecular formula is C31H52N6O8. The van der Waals surface area contributed by atoms with E-state index in [9.17, 15) is 24.0 Å². The lowest BCUT2D eigenvalue weighted by atomic mass is 10.2. The van der Waals surface area contributed by atoms with E-state index in [0.29, 0.717) is 43.7 Å². The van der Waals surface area contributed by atoms with Crippen LogP contribution in [0.2, 0.25) is 0 Å². The zero-order chi connectivity index (χ0) is 33.7. The Morgan fingerprint density at radius 3 is 1.91 bits per heavy atom. The van der Waals surface area contributed by atoms with Gasteiger partial charge in [-0.15, -0.1) is 0 Å². The van der Waals surface area contributed by atoms with Crippen molar-refractivity contribution in [2.45, 2.75) is 78.2 Å². The molecule has 0 aromatic heterocycles. The molecule has 0 saturated heterocycles. The van der Waals surface area contributed by atoms with E-state index >= 15 is 0 Å². The highest BCUT2D eigenvalue weighted by atomic mass is 16.7. The van der Waals surface area contributed by atoms with Crippen molar-refractivity contribution in [3.63, 3.8) is 0 Å². The molecule has 254 valence electrons. The third-order valence-electron chi connectivity index (χ3n) is 6.42. The summed E-state index contributed by atoms with van der Waals surface area (Å²) in [5.41, 5.74) is 0.518. The van der Waals surface area contributed by atoms with Crippen LogP contribution in [0.15, 0.2) is 24.3 Å². The minimum Gasteiger partial charge on any atom is -0.497 e. The van der Waals surface area contributed by atoms with Crippen LogP contribution in [0, 0.1) is 0 Å². The SMILES string of the molecule is CCCC(=O)NCC(NC(=O)CCC)C(=O)NCCOC(C)(C)OCCNC(=O)C(C)NCCNC(=O)c1ccc(OC)cc1. The summed E-state index contributed by atoms with van der Waals surface area (Å²) in [5.74, 6) is -1.62. The Kier molecular flexibility index (Phi) is 19.1. The van der Waals surface area contributed by atoms with E-state index in [0.717, 1.165) is 0 Å². The minimum atomic E-state index is -0.982. The van der Waals surface area contributed by atoms with Gasteiger partial charge in [-0.05, 0) is 57.9 Å². The average Bonchev–Trinajstić information content (AvgIpc) is 3.01. The van der Waals surface area contributed by atoms with Gasteiger partial charge < -0.3 is 46.1 Å². The van der Waals surface area contributed by atoms with Crippen LogP contribution in [0.1, 0.15) is 70.7 Å². The van der Waals surface area contributed by atoms with Gasteiger partial charge >= 0.3 is 0 Å². The number of benzene rings is 1. The first-order valence-electron chi connectivity index (χ1n) is 15.5. The molecule has 0 bridgehead atoms. The van der Waals surface area contributed by atoms with Gasteiger partial charge in [-0.1, -0.05) is 13.8 Å². The number of rotatable bonds is 23. The summed E-state index contributed by atoms with van der Waals surface area (Å²) in [5, 5.41) is 16.7. The Labute approximate surface area is 266 Å². The standard InChI is InChI=1S/C31H52N6O8/c1-7-9-26(38)36-21-25(37-27(39)10-8-2)30(42)35-18-20-45-31(4,5)44-19-17-34-28(40)22(3)32-15-16-33-29(41)23-11-13-24(43-6)14-12-23/h11-14,22,25,32H,7-10,15-21H2,1-6H3,(H,33,41)(H,34,40)(H,35,42)(H,36,38)(H,37,39). The maximum atomic E-state index is 12.7. The molecule has 6 N–H and O–H groups in total. The molecule has 0 aliphatic rings. The van der Waals surface area contributed by atoms with Crippen molar-refractivity contribution in [1.29, 1.82) is 0 Å². The molecule has 0 spiro atoms. The zero-order valence-corrected chi connectivity index (χ0v) is 27.5. The van der Waals surface area contributed by atoms with Crippen molar-refractivity contribution in [2.24, 2.45) is 0 Å². The highest BCUT2D eigenvalue weighted by Gasteiger charge is 2.23. The third kappa shape index (κ3) is 17.4. The largest absolute Gasteiger partial charge is 0.497 e. The van der Waals surface area contributed by atoms with Crippen LogP contribution in [0.3, 0.4) is 0 Å². The Morgan fingerprint density at radius 2 is 1.33 bits per heavy atom. The summed E-state index contributed by atoms with van der Waals surface area (Å²) in [6.45, 7) is 10.4. The summed E-state index contributed by atoms with van der Waals surface area (Å²) in [6.07, 6.45) is 1.94. The third-order valence-corrected chi connectivity index (χ3v) is 6.42. The molecular weight excluding hydrogens is 584 g/mol. The van der Waals surface area contributed by atoms with Crippen LogP contribution < -0.4 is 36.6 Å². The van der Waals surface area contributed by atoms with Crippen LogP contribution in [0.5, 0.6) is 5.75 Å². The van der Waals surface area contributed by atoms with E-state index in [1.165, 1.54) is 0 Å². The fraction of sp³-hybridized carbons (Fsp3) is 0.645. The number of nitrogens with one attached hydrogen (secondary N) is 6. The molecule has 1 aromatic rings. The van der Waals surface area contributed by atoms with Crippen molar-refractivity contribution < 1.29 is 38.2 Å². The molecule has 2 unspecified atom stereocenters.